The molecule has 1 aliphatic heterocycles. The van der Waals surface area contributed by atoms with Crippen LogP contribution in [0.4, 0.5) is 5.95 Å². The molecule has 0 saturated carbocycles. The highest BCUT2D eigenvalue weighted by Crippen LogP contribution is 2.16. The number of likely N-dealkylation sites (tertiary alicyclic amines) is 1. The molecule has 8 heteroatoms. The summed E-state index contributed by atoms with van der Waals surface area (Å²) in [5.74, 6) is 0.636. The monoisotopic (exact) mass is 280 g/mol. The van der Waals surface area contributed by atoms with E-state index >= 15 is 0 Å². The normalized spacial score (nSPS) is 16.1. The Labute approximate surface area is 117 Å². The zero-order valence-corrected chi connectivity index (χ0v) is 11.6. The van der Waals surface area contributed by atoms with Crippen LogP contribution in [0.15, 0.2) is 6.33 Å². The molecular weight excluding hydrogens is 260 g/mol. The van der Waals surface area contributed by atoms with Gasteiger partial charge in [-0.3, -0.25) is 9.59 Å². The number of rotatable bonds is 4. The third kappa shape index (κ3) is 3.94. The minimum atomic E-state index is -0.00715. The van der Waals surface area contributed by atoms with Gasteiger partial charge in [-0.05, 0) is 18.8 Å². The lowest BCUT2D eigenvalue weighted by Crippen LogP contribution is -2.42. The van der Waals surface area contributed by atoms with Gasteiger partial charge in [-0.25, -0.2) is 9.67 Å². The van der Waals surface area contributed by atoms with Gasteiger partial charge in [-0.1, -0.05) is 0 Å². The van der Waals surface area contributed by atoms with Crippen molar-refractivity contribution in [3.8, 4) is 0 Å². The molecule has 1 saturated heterocycles. The fraction of sp³-hybridized carbons (Fsp3) is 0.667. The summed E-state index contributed by atoms with van der Waals surface area (Å²) in [5.41, 5.74) is 5.41. The number of nitrogens with two attached hydrogens (primary N) is 1. The lowest BCUT2D eigenvalue weighted by molar-refractivity contribution is -0.133. The molecule has 1 aliphatic rings. The van der Waals surface area contributed by atoms with E-state index in [1.54, 1.807) is 0 Å². The van der Waals surface area contributed by atoms with Gasteiger partial charge in [-0.15, -0.1) is 5.10 Å². The molecule has 0 unspecified atom stereocenters. The molecule has 20 heavy (non-hydrogen) atoms. The Kier molecular flexibility index (Phi) is 4.54. The number of nitrogen functional groups attached to an aromatic ring is 1. The number of nitrogens with zero attached hydrogens (tertiary/aromatic N) is 4. The maximum Gasteiger partial charge on any atom is 0.244 e. The van der Waals surface area contributed by atoms with Crippen LogP contribution in [0.5, 0.6) is 0 Å². The molecule has 8 nitrogen and oxygen atoms in total. The first-order valence-corrected chi connectivity index (χ1v) is 6.71. The summed E-state index contributed by atoms with van der Waals surface area (Å²) in [4.78, 5) is 28.5. The number of amides is 2. The molecule has 0 atom stereocenters. The highest BCUT2D eigenvalue weighted by Gasteiger charge is 2.23. The first kappa shape index (κ1) is 14.3. The van der Waals surface area contributed by atoms with Gasteiger partial charge in [0.15, 0.2) is 0 Å². The Morgan fingerprint density at radius 3 is 2.70 bits per heavy atom. The predicted octanol–water partition coefficient (Wildman–Crippen LogP) is -0.765. The number of aromatic nitrogens is 3. The summed E-state index contributed by atoms with van der Waals surface area (Å²) in [6.45, 7) is 3.81. The standard InChI is InChI=1S/C12H20N6O2/c1-9(19)14-6-10-2-4-17(5-3-10)11(20)7-18-8-15-12(13)16-18/h8,10H,2-7H2,1H3,(H2,13,16)(H,14,19). The van der Waals surface area contributed by atoms with E-state index in [1.165, 1.54) is 17.9 Å². The molecular formula is C12H20N6O2. The Morgan fingerprint density at radius 2 is 2.15 bits per heavy atom. The highest BCUT2D eigenvalue weighted by atomic mass is 16.2. The SMILES string of the molecule is CC(=O)NCC1CCN(C(=O)Cn2cnc(N)n2)CC1. The maximum absolute atomic E-state index is 12.1. The fourth-order valence-corrected chi connectivity index (χ4v) is 2.30. The van der Waals surface area contributed by atoms with Gasteiger partial charge in [-0.2, -0.15) is 0 Å². The molecule has 0 aliphatic carbocycles. The van der Waals surface area contributed by atoms with Gasteiger partial charge < -0.3 is 16.0 Å². The van der Waals surface area contributed by atoms with Crippen molar-refractivity contribution in [2.75, 3.05) is 25.4 Å². The van der Waals surface area contributed by atoms with Crippen LogP contribution in [0.3, 0.4) is 0 Å². The summed E-state index contributed by atoms with van der Waals surface area (Å²) in [5, 5.41) is 6.72. The summed E-state index contributed by atoms with van der Waals surface area (Å²) in [6, 6.07) is 0. The first-order chi connectivity index (χ1) is 9.54. The van der Waals surface area contributed by atoms with Crippen molar-refractivity contribution in [3.05, 3.63) is 6.33 Å². The van der Waals surface area contributed by atoms with E-state index in [1.807, 2.05) is 4.90 Å². The molecule has 110 valence electrons. The zero-order valence-electron chi connectivity index (χ0n) is 11.6. The molecule has 0 bridgehead atoms. The van der Waals surface area contributed by atoms with Crippen LogP contribution < -0.4 is 11.1 Å². The maximum atomic E-state index is 12.1. The summed E-state index contributed by atoms with van der Waals surface area (Å²) in [7, 11) is 0. The van der Waals surface area contributed by atoms with E-state index in [2.05, 4.69) is 15.4 Å². The van der Waals surface area contributed by atoms with Crippen LogP contribution >= 0.6 is 0 Å². The topological polar surface area (TPSA) is 106 Å². The second kappa shape index (κ2) is 6.36. The van der Waals surface area contributed by atoms with Gasteiger partial charge >= 0.3 is 0 Å². The van der Waals surface area contributed by atoms with Crippen molar-refractivity contribution >= 4 is 17.8 Å². The molecule has 1 fully saturated rings. The average molecular weight is 280 g/mol. The van der Waals surface area contributed by atoms with Crippen molar-refractivity contribution in [1.29, 1.82) is 0 Å². The Bertz CT molecular complexity index is 478. The molecule has 2 heterocycles. The lowest BCUT2D eigenvalue weighted by atomic mass is 9.97. The summed E-state index contributed by atoms with van der Waals surface area (Å²) < 4.78 is 1.45. The fourth-order valence-electron chi connectivity index (χ4n) is 2.30. The largest absolute Gasteiger partial charge is 0.367 e. The van der Waals surface area contributed by atoms with Crippen molar-refractivity contribution in [2.24, 2.45) is 5.92 Å². The second-order valence-electron chi connectivity index (χ2n) is 5.06. The van der Waals surface area contributed by atoms with Crippen LogP contribution in [-0.2, 0) is 16.1 Å². The van der Waals surface area contributed by atoms with Crippen LogP contribution in [0.25, 0.3) is 0 Å². The predicted molar refractivity (Wildman–Crippen MR) is 72.4 cm³/mol. The van der Waals surface area contributed by atoms with Crippen LogP contribution in [0.2, 0.25) is 0 Å². The quantitative estimate of drug-likeness (QED) is 0.753. The molecule has 2 amide bonds. The molecule has 0 radical (unpaired) electrons. The second-order valence-corrected chi connectivity index (χ2v) is 5.06. The zero-order chi connectivity index (χ0) is 14.5. The van der Waals surface area contributed by atoms with Gasteiger partial charge in [0.2, 0.25) is 17.8 Å². The van der Waals surface area contributed by atoms with E-state index in [0.717, 1.165) is 12.8 Å². The minimum absolute atomic E-state index is 0.00715. The van der Waals surface area contributed by atoms with Gasteiger partial charge in [0.05, 0.1) is 0 Å². The number of nitrogens with one attached hydrogen (secondary N) is 1. The molecule has 1 aromatic heterocycles. The van der Waals surface area contributed by atoms with Crippen LogP contribution in [0.1, 0.15) is 19.8 Å². The van der Waals surface area contributed by atoms with Gasteiger partial charge in [0.1, 0.15) is 12.9 Å². The number of hydrogen-bond acceptors (Lipinski definition) is 5. The highest BCUT2D eigenvalue weighted by molar-refractivity contribution is 5.76. The van der Waals surface area contributed by atoms with E-state index in [0.29, 0.717) is 25.6 Å². The van der Waals surface area contributed by atoms with Crippen molar-refractivity contribution in [1.82, 2.24) is 25.0 Å². The molecule has 3 N–H and O–H groups in total. The molecule has 0 aromatic carbocycles. The van der Waals surface area contributed by atoms with E-state index < -0.39 is 0 Å². The minimum Gasteiger partial charge on any atom is -0.367 e. The van der Waals surface area contributed by atoms with Crippen LogP contribution in [-0.4, -0.2) is 51.1 Å². The number of hydrogen-bond donors (Lipinski definition) is 2. The third-order valence-electron chi connectivity index (χ3n) is 3.46. The van der Waals surface area contributed by atoms with E-state index in [9.17, 15) is 9.59 Å². The van der Waals surface area contributed by atoms with E-state index in [-0.39, 0.29) is 24.3 Å². The average Bonchev–Trinajstić information content (AvgIpc) is 2.82. The number of anilines is 1. The van der Waals surface area contributed by atoms with Crippen molar-refractivity contribution < 1.29 is 9.59 Å². The molecule has 2 rings (SSSR count). The van der Waals surface area contributed by atoms with Crippen molar-refractivity contribution in [2.45, 2.75) is 26.3 Å². The Morgan fingerprint density at radius 1 is 1.45 bits per heavy atom. The third-order valence-corrected chi connectivity index (χ3v) is 3.46. The van der Waals surface area contributed by atoms with E-state index in [4.69, 9.17) is 5.73 Å². The van der Waals surface area contributed by atoms with Crippen molar-refractivity contribution in [3.63, 3.8) is 0 Å². The van der Waals surface area contributed by atoms with Crippen LogP contribution in [0, 0.1) is 5.92 Å². The number of carbonyl (C=O) groups is 2. The summed E-state index contributed by atoms with van der Waals surface area (Å²) >= 11 is 0. The smallest absolute Gasteiger partial charge is 0.244 e. The number of piperidine rings is 1. The summed E-state index contributed by atoms with van der Waals surface area (Å²) in [6.07, 6.45) is 3.27. The molecule has 1 aromatic rings. The van der Waals surface area contributed by atoms with Gasteiger partial charge in [0.25, 0.3) is 0 Å². The lowest BCUT2D eigenvalue weighted by Gasteiger charge is -2.32. The first-order valence-electron chi connectivity index (χ1n) is 6.71. The Balaban J connectivity index is 1.75. The number of carbonyl (C=O) groups excluding carboxylic acids is 2. The molecule has 0 spiro atoms. The van der Waals surface area contributed by atoms with Gasteiger partial charge in [0, 0.05) is 26.6 Å². The Hall–Kier alpha value is -2.12.